The van der Waals surface area contributed by atoms with Gasteiger partial charge in [-0.2, -0.15) is 5.10 Å². The lowest BCUT2D eigenvalue weighted by Gasteiger charge is -2.37. The fourth-order valence-electron chi connectivity index (χ4n) is 4.48. The Hall–Kier alpha value is -2.34. The number of anilines is 1. The van der Waals surface area contributed by atoms with Gasteiger partial charge in [0, 0.05) is 39.3 Å². The Morgan fingerprint density at radius 2 is 1.61 bits per heavy atom. The van der Waals surface area contributed by atoms with Crippen molar-refractivity contribution in [1.82, 2.24) is 19.6 Å². The highest BCUT2D eigenvalue weighted by atomic mass is 16.2. The van der Waals surface area contributed by atoms with E-state index in [1.165, 1.54) is 17.8 Å². The molecule has 1 amide bonds. The number of nitrogens with zero attached hydrogens (tertiary/aromatic N) is 5. The minimum absolute atomic E-state index is 0.303. The van der Waals surface area contributed by atoms with E-state index in [0.29, 0.717) is 12.5 Å². The number of carbonyl (C=O) groups excluding carboxylic acids is 1. The maximum absolute atomic E-state index is 12.5. The first-order valence-electron chi connectivity index (χ1n) is 10.5. The molecule has 0 unspecified atom stereocenters. The van der Waals surface area contributed by atoms with E-state index < -0.39 is 0 Å². The van der Waals surface area contributed by atoms with E-state index in [1.54, 1.807) is 0 Å². The molecule has 6 heteroatoms. The largest absolute Gasteiger partial charge is 0.366 e. The number of benzene rings is 1. The molecule has 2 aliphatic rings. The average Bonchev–Trinajstić information content (AvgIpc) is 3.04. The van der Waals surface area contributed by atoms with Crippen LogP contribution in [0.15, 0.2) is 30.3 Å². The van der Waals surface area contributed by atoms with Crippen LogP contribution in [0.5, 0.6) is 0 Å². The van der Waals surface area contributed by atoms with Crippen molar-refractivity contribution < 1.29 is 4.79 Å². The number of amides is 1. The predicted octanol–water partition coefficient (Wildman–Crippen LogP) is 2.62. The Balaban J connectivity index is 1.39. The quantitative estimate of drug-likeness (QED) is 0.817. The van der Waals surface area contributed by atoms with Crippen molar-refractivity contribution in [2.45, 2.75) is 33.1 Å². The Bertz CT molecular complexity index is 802. The van der Waals surface area contributed by atoms with Gasteiger partial charge in [0.1, 0.15) is 0 Å². The van der Waals surface area contributed by atoms with Gasteiger partial charge in [0.05, 0.1) is 29.3 Å². The molecule has 2 saturated heterocycles. The summed E-state index contributed by atoms with van der Waals surface area (Å²) in [6.07, 6.45) is 3.57. The number of aryl methyl sites for hydroxylation is 1. The molecule has 3 heterocycles. The maximum atomic E-state index is 12.5. The number of likely N-dealkylation sites (tertiary alicyclic amines) is 1. The summed E-state index contributed by atoms with van der Waals surface area (Å²) in [5.41, 5.74) is 4.59. The third-order valence-corrected chi connectivity index (χ3v) is 6.01. The molecule has 2 aromatic rings. The highest BCUT2D eigenvalue weighted by molar-refractivity contribution is 5.78. The van der Waals surface area contributed by atoms with Gasteiger partial charge in [0.25, 0.3) is 0 Å². The lowest BCUT2D eigenvalue weighted by atomic mass is 10.1. The molecule has 0 spiro atoms. The summed E-state index contributed by atoms with van der Waals surface area (Å²) in [5.74, 6) is 0.303. The molecular weight excluding hydrogens is 350 g/mol. The third-order valence-electron chi connectivity index (χ3n) is 6.01. The number of piperazine rings is 1. The van der Waals surface area contributed by atoms with Gasteiger partial charge in [0.2, 0.25) is 5.91 Å². The van der Waals surface area contributed by atoms with E-state index in [2.05, 4.69) is 35.8 Å². The highest BCUT2D eigenvalue weighted by Crippen LogP contribution is 2.27. The normalized spacial score (nSPS) is 18.5. The van der Waals surface area contributed by atoms with Crippen molar-refractivity contribution in [3.8, 4) is 5.69 Å². The molecule has 1 aromatic carbocycles. The van der Waals surface area contributed by atoms with Gasteiger partial charge < -0.3 is 9.80 Å². The van der Waals surface area contributed by atoms with Crippen molar-refractivity contribution in [1.29, 1.82) is 0 Å². The van der Waals surface area contributed by atoms with Crippen molar-refractivity contribution in [3.05, 3.63) is 41.7 Å². The average molecular weight is 382 g/mol. The molecule has 150 valence electrons. The van der Waals surface area contributed by atoms with Crippen molar-refractivity contribution >= 4 is 11.6 Å². The number of carbonyl (C=O) groups is 1. The van der Waals surface area contributed by atoms with Crippen LogP contribution >= 0.6 is 0 Å². The van der Waals surface area contributed by atoms with Gasteiger partial charge in [-0.1, -0.05) is 18.2 Å². The first kappa shape index (κ1) is 19.0. The number of piperidine rings is 1. The molecule has 0 aliphatic carbocycles. The van der Waals surface area contributed by atoms with Gasteiger partial charge in [0.15, 0.2) is 0 Å². The zero-order chi connectivity index (χ0) is 19.5. The molecule has 6 nitrogen and oxygen atoms in total. The minimum Gasteiger partial charge on any atom is -0.366 e. The van der Waals surface area contributed by atoms with E-state index >= 15 is 0 Å². The lowest BCUT2D eigenvalue weighted by Crippen LogP contribution is -2.51. The maximum Gasteiger partial charge on any atom is 0.236 e. The summed E-state index contributed by atoms with van der Waals surface area (Å²) >= 11 is 0. The second-order valence-electron chi connectivity index (χ2n) is 7.97. The molecule has 2 aliphatic heterocycles. The van der Waals surface area contributed by atoms with Crippen LogP contribution in [-0.2, 0) is 4.79 Å². The van der Waals surface area contributed by atoms with Crippen LogP contribution in [0, 0.1) is 13.8 Å². The summed E-state index contributed by atoms with van der Waals surface area (Å²) in [6.45, 7) is 10.4. The standard InChI is InChI=1S/C22H31N5O/c1-18-22(19(2)27(23-18)20-9-5-3-6-10-20)26-15-13-24(14-16-26)17-21(28)25-11-7-4-8-12-25/h3,5-6,9-10H,4,7-8,11-17H2,1-2H3. The Labute approximate surface area is 167 Å². The van der Waals surface area contributed by atoms with E-state index in [1.807, 2.05) is 27.8 Å². The molecule has 1 aromatic heterocycles. The van der Waals surface area contributed by atoms with Crippen LogP contribution in [0.3, 0.4) is 0 Å². The van der Waals surface area contributed by atoms with Gasteiger partial charge >= 0.3 is 0 Å². The van der Waals surface area contributed by atoms with Gasteiger partial charge in [-0.15, -0.1) is 0 Å². The van der Waals surface area contributed by atoms with Crippen LogP contribution in [0.1, 0.15) is 30.7 Å². The molecule has 0 bridgehead atoms. The van der Waals surface area contributed by atoms with Gasteiger partial charge in [-0.25, -0.2) is 4.68 Å². The highest BCUT2D eigenvalue weighted by Gasteiger charge is 2.25. The Kier molecular flexibility index (Phi) is 5.67. The number of para-hydroxylation sites is 1. The molecule has 2 fully saturated rings. The molecule has 0 saturated carbocycles. The van der Waals surface area contributed by atoms with E-state index in [4.69, 9.17) is 5.10 Å². The fourth-order valence-corrected chi connectivity index (χ4v) is 4.48. The van der Waals surface area contributed by atoms with Crippen LogP contribution in [-0.4, -0.2) is 71.3 Å². The van der Waals surface area contributed by atoms with Crippen LogP contribution < -0.4 is 4.90 Å². The van der Waals surface area contributed by atoms with Crippen molar-refractivity contribution in [2.24, 2.45) is 0 Å². The zero-order valence-electron chi connectivity index (χ0n) is 17.1. The SMILES string of the molecule is Cc1nn(-c2ccccc2)c(C)c1N1CCN(CC(=O)N2CCCCC2)CC1. The number of aromatic nitrogens is 2. The smallest absolute Gasteiger partial charge is 0.236 e. The predicted molar refractivity (Wildman–Crippen MR) is 112 cm³/mol. The summed E-state index contributed by atoms with van der Waals surface area (Å²) in [6, 6.07) is 10.3. The van der Waals surface area contributed by atoms with E-state index in [-0.39, 0.29) is 0 Å². The first-order valence-corrected chi connectivity index (χ1v) is 10.5. The number of hydrogen-bond donors (Lipinski definition) is 0. The molecule has 4 rings (SSSR count). The topological polar surface area (TPSA) is 44.6 Å². The molecule has 0 N–H and O–H groups in total. The molecule has 0 radical (unpaired) electrons. The molecular formula is C22H31N5O. The van der Waals surface area contributed by atoms with Crippen LogP contribution in [0.2, 0.25) is 0 Å². The van der Waals surface area contributed by atoms with E-state index in [0.717, 1.165) is 63.5 Å². The van der Waals surface area contributed by atoms with Gasteiger partial charge in [-0.05, 0) is 45.2 Å². The zero-order valence-corrected chi connectivity index (χ0v) is 17.1. The van der Waals surface area contributed by atoms with Gasteiger partial charge in [-0.3, -0.25) is 9.69 Å². The second kappa shape index (κ2) is 8.35. The lowest BCUT2D eigenvalue weighted by molar-refractivity contribution is -0.133. The summed E-state index contributed by atoms with van der Waals surface area (Å²) in [7, 11) is 0. The number of hydrogen-bond acceptors (Lipinski definition) is 4. The fraction of sp³-hybridized carbons (Fsp3) is 0.545. The van der Waals surface area contributed by atoms with E-state index in [9.17, 15) is 4.79 Å². The molecule has 28 heavy (non-hydrogen) atoms. The van der Waals surface area contributed by atoms with Crippen LogP contribution in [0.4, 0.5) is 5.69 Å². The Morgan fingerprint density at radius 1 is 0.929 bits per heavy atom. The van der Waals surface area contributed by atoms with Crippen LogP contribution in [0.25, 0.3) is 5.69 Å². The number of rotatable bonds is 4. The monoisotopic (exact) mass is 381 g/mol. The first-order chi connectivity index (χ1) is 13.6. The molecule has 0 atom stereocenters. The Morgan fingerprint density at radius 3 is 2.29 bits per heavy atom. The third kappa shape index (κ3) is 3.92. The summed E-state index contributed by atoms with van der Waals surface area (Å²) in [5, 5.41) is 4.78. The second-order valence-corrected chi connectivity index (χ2v) is 7.97. The minimum atomic E-state index is 0.303. The summed E-state index contributed by atoms with van der Waals surface area (Å²) in [4.78, 5) is 19.3. The van der Waals surface area contributed by atoms with Crippen molar-refractivity contribution in [3.63, 3.8) is 0 Å². The van der Waals surface area contributed by atoms with Crippen molar-refractivity contribution in [2.75, 3.05) is 50.7 Å². The summed E-state index contributed by atoms with van der Waals surface area (Å²) < 4.78 is 2.04.